The lowest BCUT2D eigenvalue weighted by molar-refractivity contribution is 0.00752. The molecule has 0 unspecified atom stereocenters. The third kappa shape index (κ3) is 1.93. The van der Waals surface area contributed by atoms with E-state index in [1.165, 1.54) is 4.90 Å². The molecule has 100 valence electrons. The van der Waals surface area contributed by atoms with E-state index in [0.29, 0.717) is 25.1 Å². The van der Waals surface area contributed by atoms with Crippen LogP contribution in [-0.2, 0) is 4.74 Å². The van der Waals surface area contributed by atoms with E-state index in [1.54, 1.807) is 13.0 Å². The van der Waals surface area contributed by atoms with Crippen LogP contribution in [0.5, 0.6) is 0 Å². The molecular weight excluding hydrogens is 234 g/mol. The Kier molecular flexibility index (Phi) is 3.73. The minimum atomic E-state index is -0.979. The van der Waals surface area contributed by atoms with Crippen molar-refractivity contribution >= 4 is 6.09 Å². The highest BCUT2D eigenvalue weighted by Crippen LogP contribution is 2.37. The van der Waals surface area contributed by atoms with Crippen LogP contribution in [0.15, 0.2) is 23.3 Å². The van der Waals surface area contributed by atoms with E-state index in [9.17, 15) is 15.0 Å². The number of hydrogen-bond acceptors (Lipinski definition) is 4. The van der Waals surface area contributed by atoms with Gasteiger partial charge in [-0.1, -0.05) is 12.2 Å². The summed E-state index contributed by atoms with van der Waals surface area (Å²) in [6.45, 7) is 4.37. The summed E-state index contributed by atoms with van der Waals surface area (Å²) in [5, 5.41) is 20.1. The fourth-order valence-corrected chi connectivity index (χ4v) is 2.72. The second-order valence-corrected chi connectivity index (χ2v) is 4.46. The lowest BCUT2D eigenvalue weighted by Crippen LogP contribution is -2.49. The lowest BCUT2D eigenvalue weighted by atomic mass is 10.00. The summed E-state index contributed by atoms with van der Waals surface area (Å²) in [5.74, 6) is 0. The minimum Gasteiger partial charge on any atom is -0.450 e. The van der Waals surface area contributed by atoms with Gasteiger partial charge in [0, 0.05) is 6.54 Å². The van der Waals surface area contributed by atoms with E-state index in [0.717, 1.165) is 5.57 Å². The van der Waals surface area contributed by atoms with Gasteiger partial charge >= 0.3 is 6.09 Å². The van der Waals surface area contributed by atoms with Gasteiger partial charge in [0.2, 0.25) is 0 Å². The van der Waals surface area contributed by atoms with E-state index in [-0.39, 0.29) is 0 Å². The van der Waals surface area contributed by atoms with Gasteiger partial charge in [0.15, 0.2) is 0 Å². The van der Waals surface area contributed by atoms with Gasteiger partial charge in [-0.3, -0.25) is 4.90 Å². The predicted octanol–water partition coefficient (Wildman–Crippen LogP) is 0.825. The maximum absolute atomic E-state index is 11.9. The molecule has 1 saturated carbocycles. The van der Waals surface area contributed by atoms with Gasteiger partial charge < -0.3 is 14.9 Å². The highest BCUT2D eigenvalue weighted by atomic mass is 16.6. The van der Waals surface area contributed by atoms with Crippen LogP contribution in [0.4, 0.5) is 4.79 Å². The molecule has 0 bridgehead atoms. The van der Waals surface area contributed by atoms with E-state index in [1.807, 2.05) is 13.0 Å². The Bertz CT molecular complexity index is 402. The van der Waals surface area contributed by atoms with Crippen molar-refractivity contribution < 1.29 is 19.7 Å². The Morgan fingerprint density at radius 2 is 2.33 bits per heavy atom. The third-order valence-corrected chi connectivity index (χ3v) is 3.50. The second-order valence-electron chi connectivity index (χ2n) is 4.46. The number of carbonyl (C=O) groups is 1. The molecule has 2 N–H and O–H groups in total. The number of aliphatic hydroxyl groups is 2. The van der Waals surface area contributed by atoms with Gasteiger partial charge in [0.1, 0.15) is 12.2 Å². The van der Waals surface area contributed by atoms with Gasteiger partial charge in [-0.15, -0.1) is 0 Å². The number of ether oxygens (including phenoxy) is 1. The highest BCUT2D eigenvalue weighted by molar-refractivity contribution is 5.70. The molecule has 1 heterocycles. The monoisotopic (exact) mass is 253 g/mol. The molecule has 18 heavy (non-hydrogen) atoms. The molecule has 0 aromatic heterocycles. The highest BCUT2D eigenvalue weighted by Gasteiger charge is 2.47. The molecule has 0 spiro atoms. The maximum Gasteiger partial charge on any atom is 0.410 e. The number of rotatable bonds is 1. The largest absolute Gasteiger partial charge is 0.450 e. The van der Waals surface area contributed by atoms with Crippen molar-refractivity contribution in [3.8, 4) is 0 Å². The van der Waals surface area contributed by atoms with Crippen molar-refractivity contribution in [2.75, 3.05) is 13.2 Å². The van der Waals surface area contributed by atoms with Gasteiger partial charge in [-0.2, -0.15) is 0 Å². The van der Waals surface area contributed by atoms with Crippen LogP contribution in [-0.4, -0.2) is 52.6 Å². The topological polar surface area (TPSA) is 70.0 Å². The molecule has 2 aliphatic rings. The quantitative estimate of drug-likeness (QED) is 0.726. The Labute approximate surface area is 106 Å². The fourth-order valence-electron chi connectivity index (χ4n) is 2.72. The number of amides is 1. The zero-order chi connectivity index (χ0) is 13.3. The van der Waals surface area contributed by atoms with Crippen molar-refractivity contribution in [3.63, 3.8) is 0 Å². The van der Waals surface area contributed by atoms with Gasteiger partial charge in [0.25, 0.3) is 0 Å². The summed E-state index contributed by atoms with van der Waals surface area (Å²) >= 11 is 0. The Morgan fingerprint density at radius 1 is 1.61 bits per heavy atom. The molecule has 1 amide bonds. The first kappa shape index (κ1) is 13.1. The third-order valence-electron chi connectivity index (χ3n) is 3.50. The first-order chi connectivity index (χ1) is 8.61. The summed E-state index contributed by atoms with van der Waals surface area (Å²) in [6.07, 6.45) is 2.13. The number of nitrogens with zero attached hydrogens (tertiary/aromatic N) is 1. The SMILES string of the molecule is CC=C1C2=CCCN(C(=O)OCC)[C@@H]2[C@H](O)[C@H]1O. The summed E-state index contributed by atoms with van der Waals surface area (Å²) in [4.78, 5) is 13.4. The van der Waals surface area contributed by atoms with Gasteiger partial charge in [0.05, 0.1) is 12.6 Å². The Hall–Kier alpha value is -1.33. The minimum absolute atomic E-state index is 0.302. The zero-order valence-electron chi connectivity index (χ0n) is 10.7. The molecule has 0 aromatic rings. The van der Waals surface area contributed by atoms with Gasteiger partial charge in [-0.05, 0) is 31.4 Å². The van der Waals surface area contributed by atoms with Crippen molar-refractivity contribution in [2.24, 2.45) is 0 Å². The van der Waals surface area contributed by atoms with Gasteiger partial charge in [-0.25, -0.2) is 4.79 Å². The van der Waals surface area contributed by atoms with Crippen molar-refractivity contribution in [3.05, 3.63) is 23.3 Å². The van der Waals surface area contributed by atoms with Crippen molar-refractivity contribution in [2.45, 2.75) is 38.5 Å². The van der Waals surface area contributed by atoms with E-state index < -0.39 is 24.3 Å². The zero-order valence-corrected chi connectivity index (χ0v) is 10.7. The number of aliphatic hydroxyl groups excluding tert-OH is 2. The summed E-state index contributed by atoms with van der Waals surface area (Å²) in [6, 6.07) is -0.487. The lowest BCUT2D eigenvalue weighted by Gasteiger charge is -2.33. The summed E-state index contributed by atoms with van der Waals surface area (Å²) in [5.41, 5.74) is 1.55. The predicted molar refractivity (Wildman–Crippen MR) is 66.0 cm³/mol. The molecule has 1 aliphatic heterocycles. The average Bonchev–Trinajstić information content (AvgIpc) is 2.62. The molecule has 0 aromatic carbocycles. The van der Waals surface area contributed by atoms with Crippen molar-refractivity contribution in [1.82, 2.24) is 4.90 Å². The molecule has 5 nitrogen and oxygen atoms in total. The summed E-state index contributed by atoms with van der Waals surface area (Å²) in [7, 11) is 0. The maximum atomic E-state index is 11.9. The number of allylic oxidation sites excluding steroid dienone is 1. The molecule has 5 heteroatoms. The van der Waals surface area contributed by atoms with E-state index >= 15 is 0 Å². The standard InChI is InChI=1S/C13H19NO4/c1-3-8-9-6-5-7-14(13(17)18-4-2)10(9)12(16)11(8)15/h3,6,10-12,15-16H,4-5,7H2,1-2H3/t10-,11-,12-/m0/s1. The number of hydrogen-bond donors (Lipinski definition) is 2. The second kappa shape index (κ2) is 5.12. The number of carbonyl (C=O) groups excluding carboxylic acids is 1. The van der Waals surface area contributed by atoms with E-state index in [4.69, 9.17) is 4.74 Å². The molecule has 2 rings (SSSR count). The van der Waals surface area contributed by atoms with Crippen LogP contribution in [0.25, 0.3) is 0 Å². The molecule has 0 saturated heterocycles. The smallest absolute Gasteiger partial charge is 0.410 e. The molecule has 1 fully saturated rings. The molecule has 0 radical (unpaired) electrons. The Balaban J connectivity index is 2.30. The molecular formula is C13H19NO4. The van der Waals surface area contributed by atoms with Crippen LogP contribution >= 0.6 is 0 Å². The molecule has 1 aliphatic carbocycles. The normalized spacial score (nSPS) is 33.3. The van der Waals surface area contributed by atoms with Crippen LogP contribution < -0.4 is 0 Å². The van der Waals surface area contributed by atoms with Crippen molar-refractivity contribution in [1.29, 1.82) is 0 Å². The van der Waals surface area contributed by atoms with E-state index in [2.05, 4.69) is 0 Å². The fraction of sp³-hybridized carbons (Fsp3) is 0.615. The van der Waals surface area contributed by atoms with Crippen LogP contribution in [0.2, 0.25) is 0 Å². The summed E-state index contributed by atoms with van der Waals surface area (Å²) < 4.78 is 4.99. The number of fused-ring (bicyclic) bond motifs is 1. The molecule has 3 atom stereocenters. The van der Waals surface area contributed by atoms with Crippen LogP contribution in [0, 0.1) is 0 Å². The Morgan fingerprint density at radius 3 is 2.94 bits per heavy atom. The van der Waals surface area contributed by atoms with Crippen LogP contribution in [0.3, 0.4) is 0 Å². The average molecular weight is 253 g/mol. The first-order valence-corrected chi connectivity index (χ1v) is 6.28. The van der Waals surface area contributed by atoms with Crippen LogP contribution in [0.1, 0.15) is 20.3 Å². The first-order valence-electron chi connectivity index (χ1n) is 6.28.